The van der Waals surface area contributed by atoms with Crippen LogP contribution in [0.2, 0.25) is 0 Å². The van der Waals surface area contributed by atoms with E-state index in [0.717, 1.165) is 18.4 Å². The van der Waals surface area contributed by atoms with Crippen molar-refractivity contribution in [3.63, 3.8) is 0 Å². The molecule has 1 fully saturated rings. The smallest absolute Gasteiger partial charge is 0.251 e. The highest BCUT2D eigenvalue weighted by Crippen LogP contribution is 2.46. The molecular formula is C29H33ClFN3O5. The standard InChI is InChI=1S/C29H33ClFN3O5/c1-28(2,34-30)21-15-23(18-4-9-22(31)10-5-18)33-26(16-21)29(37,20-7-8-20)17-32-27(36)19-6-11-24(39-13-12-35)25(14-19)38-3/h4-6,9-11,14-16,20,34-35,37H,7-8,12-13,17H2,1-3H3,(H,32,36). The van der Waals surface area contributed by atoms with E-state index in [0.29, 0.717) is 34.0 Å². The van der Waals surface area contributed by atoms with Gasteiger partial charge in [0.15, 0.2) is 11.5 Å². The Balaban J connectivity index is 1.65. The number of aliphatic hydroxyl groups excluding tert-OH is 1. The Morgan fingerprint density at radius 1 is 1.13 bits per heavy atom. The second kappa shape index (κ2) is 11.9. The summed E-state index contributed by atoms with van der Waals surface area (Å²) in [5, 5.41) is 23.8. The van der Waals surface area contributed by atoms with Gasteiger partial charge in [0.1, 0.15) is 18.0 Å². The number of amides is 1. The Kier molecular flexibility index (Phi) is 8.76. The molecule has 3 aromatic rings. The molecule has 1 unspecified atom stereocenters. The van der Waals surface area contributed by atoms with Gasteiger partial charge in [-0.15, -0.1) is 0 Å². The highest BCUT2D eigenvalue weighted by Gasteiger charge is 2.47. The predicted octanol–water partition coefficient (Wildman–Crippen LogP) is 4.27. The van der Waals surface area contributed by atoms with Gasteiger partial charge in [-0.1, -0.05) is 0 Å². The summed E-state index contributed by atoms with van der Waals surface area (Å²) < 4.78 is 24.4. The molecule has 1 heterocycles. The number of rotatable bonds is 12. The Hall–Kier alpha value is -3.24. The van der Waals surface area contributed by atoms with Gasteiger partial charge in [0, 0.05) is 11.1 Å². The van der Waals surface area contributed by atoms with Gasteiger partial charge in [0.25, 0.3) is 5.91 Å². The second-order valence-corrected chi connectivity index (χ2v) is 10.4. The summed E-state index contributed by atoms with van der Waals surface area (Å²) in [4.78, 5) is 20.7. The number of nitrogens with zero attached hydrogens (tertiary/aromatic N) is 1. The highest BCUT2D eigenvalue weighted by atomic mass is 35.5. The Labute approximate surface area is 232 Å². The lowest BCUT2D eigenvalue weighted by molar-refractivity contribution is 0.00944. The predicted molar refractivity (Wildman–Crippen MR) is 146 cm³/mol. The van der Waals surface area contributed by atoms with Gasteiger partial charge >= 0.3 is 0 Å². The molecule has 2 aromatic carbocycles. The summed E-state index contributed by atoms with van der Waals surface area (Å²) >= 11 is 6.05. The maximum Gasteiger partial charge on any atom is 0.251 e. The van der Waals surface area contributed by atoms with Gasteiger partial charge in [-0.3, -0.25) is 4.79 Å². The molecule has 0 bridgehead atoms. The van der Waals surface area contributed by atoms with Crippen molar-refractivity contribution in [2.75, 3.05) is 26.9 Å². The van der Waals surface area contributed by atoms with Crippen LogP contribution in [-0.2, 0) is 11.1 Å². The fourth-order valence-electron chi connectivity index (χ4n) is 4.34. The highest BCUT2D eigenvalue weighted by molar-refractivity contribution is 6.13. The van der Waals surface area contributed by atoms with E-state index in [9.17, 15) is 14.3 Å². The van der Waals surface area contributed by atoms with Crippen LogP contribution in [0.3, 0.4) is 0 Å². The van der Waals surface area contributed by atoms with Crippen molar-refractivity contribution in [3.05, 3.63) is 77.2 Å². The third-order valence-electron chi connectivity index (χ3n) is 6.91. The zero-order valence-electron chi connectivity index (χ0n) is 22.1. The van der Waals surface area contributed by atoms with Gasteiger partial charge in [-0.05, 0) is 105 Å². The van der Waals surface area contributed by atoms with Crippen molar-refractivity contribution in [1.29, 1.82) is 0 Å². The number of nitrogens with one attached hydrogen (secondary N) is 2. The van der Waals surface area contributed by atoms with Crippen LogP contribution in [0, 0.1) is 11.7 Å². The number of benzene rings is 2. The summed E-state index contributed by atoms with van der Waals surface area (Å²) in [6.45, 7) is 3.66. The molecule has 0 spiro atoms. The van der Waals surface area contributed by atoms with E-state index in [1.165, 1.54) is 19.2 Å². The van der Waals surface area contributed by atoms with E-state index >= 15 is 0 Å². The summed E-state index contributed by atoms with van der Waals surface area (Å²) in [6, 6.07) is 14.3. The maximum absolute atomic E-state index is 13.6. The largest absolute Gasteiger partial charge is 0.493 e. The molecule has 1 saturated carbocycles. The number of carbonyl (C=O) groups excluding carboxylic acids is 1. The molecule has 4 rings (SSSR count). The minimum Gasteiger partial charge on any atom is -0.493 e. The molecule has 4 N–H and O–H groups in total. The van der Waals surface area contributed by atoms with Crippen molar-refractivity contribution < 1.29 is 28.9 Å². The summed E-state index contributed by atoms with van der Waals surface area (Å²) in [6.07, 6.45) is 1.57. The quantitative estimate of drug-likeness (QED) is 0.246. The number of halogens is 2. The molecule has 0 saturated heterocycles. The summed E-state index contributed by atoms with van der Waals surface area (Å²) in [5.41, 5.74) is 0.610. The van der Waals surface area contributed by atoms with Crippen molar-refractivity contribution in [2.45, 2.75) is 37.8 Å². The average molecular weight is 558 g/mol. The van der Waals surface area contributed by atoms with Crippen molar-refractivity contribution in [3.8, 4) is 22.8 Å². The zero-order valence-corrected chi connectivity index (χ0v) is 22.9. The molecule has 0 radical (unpaired) electrons. The lowest BCUT2D eigenvalue weighted by atomic mass is 9.87. The maximum atomic E-state index is 13.6. The first-order valence-corrected chi connectivity index (χ1v) is 13.1. The Bertz CT molecular complexity index is 1320. The molecule has 1 aromatic heterocycles. The molecule has 10 heteroatoms. The fraction of sp³-hybridized carbons (Fsp3) is 0.379. The minimum atomic E-state index is -1.45. The molecule has 1 amide bonds. The van der Waals surface area contributed by atoms with E-state index in [1.54, 1.807) is 36.4 Å². The topological polar surface area (TPSA) is 113 Å². The van der Waals surface area contributed by atoms with Crippen LogP contribution in [0.15, 0.2) is 54.6 Å². The molecule has 1 aliphatic carbocycles. The number of hydrogen-bond donors (Lipinski definition) is 4. The molecule has 208 valence electrons. The van der Waals surface area contributed by atoms with Gasteiger partial charge in [0.2, 0.25) is 0 Å². The van der Waals surface area contributed by atoms with Crippen LogP contribution in [0.1, 0.15) is 48.3 Å². The second-order valence-electron chi connectivity index (χ2n) is 10.2. The average Bonchev–Trinajstić information content (AvgIpc) is 3.81. The normalized spacial score (nSPS) is 14.9. The van der Waals surface area contributed by atoms with E-state index < -0.39 is 17.0 Å². The van der Waals surface area contributed by atoms with Gasteiger partial charge in [-0.2, -0.15) is 0 Å². The Morgan fingerprint density at radius 3 is 2.46 bits per heavy atom. The molecule has 1 aliphatic rings. The first kappa shape index (κ1) is 28.8. The van der Waals surface area contributed by atoms with Crippen molar-refractivity contribution in [2.24, 2.45) is 5.92 Å². The van der Waals surface area contributed by atoms with Gasteiger partial charge in [0.05, 0.1) is 37.2 Å². The van der Waals surface area contributed by atoms with E-state index in [4.69, 9.17) is 31.3 Å². The van der Waals surface area contributed by atoms with Crippen LogP contribution in [0.25, 0.3) is 11.3 Å². The number of aromatic nitrogens is 1. The van der Waals surface area contributed by atoms with E-state index in [2.05, 4.69) is 10.2 Å². The van der Waals surface area contributed by atoms with Gasteiger partial charge in [-0.25, -0.2) is 14.2 Å². The number of carbonyl (C=O) groups is 1. The first-order valence-electron chi connectivity index (χ1n) is 12.7. The SMILES string of the molecule is COc1cc(C(=O)NCC(O)(c2cc(C(C)(C)NCl)cc(-c3ccc(F)cc3)n2)C2CC2)ccc1OCCO. The molecule has 8 nitrogen and oxygen atoms in total. The number of hydrogen-bond acceptors (Lipinski definition) is 7. The van der Waals surface area contributed by atoms with E-state index in [1.807, 2.05) is 19.9 Å². The van der Waals surface area contributed by atoms with Crippen LogP contribution in [0.5, 0.6) is 11.5 Å². The van der Waals surface area contributed by atoms with Crippen molar-refractivity contribution >= 4 is 17.7 Å². The number of pyridine rings is 1. The number of methoxy groups -OCH3 is 1. The summed E-state index contributed by atoms with van der Waals surface area (Å²) in [7, 11) is 1.46. The lowest BCUT2D eigenvalue weighted by Crippen LogP contribution is -2.43. The molecule has 0 aliphatic heterocycles. The molecule has 39 heavy (non-hydrogen) atoms. The van der Waals surface area contributed by atoms with Gasteiger partial charge < -0.3 is 25.0 Å². The molecular weight excluding hydrogens is 525 g/mol. The fourth-order valence-corrected chi connectivity index (χ4v) is 4.45. The monoisotopic (exact) mass is 557 g/mol. The Morgan fingerprint density at radius 2 is 1.85 bits per heavy atom. The lowest BCUT2D eigenvalue weighted by Gasteiger charge is -2.31. The van der Waals surface area contributed by atoms with Crippen LogP contribution < -0.4 is 19.6 Å². The van der Waals surface area contributed by atoms with Crippen molar-refractivity contribution in [1.82, 2.24) is 15.1 Å². The number of aliphatic hydroxyl groups is 2. The zero-order chi connectivity index (χ0) is 28.2. The minimum absolute atomic E-state index is 0.0738. The van der Waals surface area contributed by atoms with E-state index in [-0.39, 0.29) is 31.5 Å². The third kappa shape index (κ3) is 6.50. The van der Waals surface area contributed by atoms with Crippen LogP contribution in [0.4, 0.5) is 4.39 Å². The molecule has 1 atom stereocenters. The summed E-state index contributed by atoms with van der Waals surface area (Å²) in [5.74, 6) is -0.110. The third-order valence-corrected chi connectivity index (χ3v) is 7.39. The first-order chi connectivity index (χ1) is 18.6. The van der Waals surface area contributed by atoms with Crippen LogP contribution >= 0.6 is 11.8 Å². The van der Waals surface area contributed by atoms with Crippen LogP contribution in [-0.4, -0.2) is 48.0 Å². The number of ether oxygens (including phenoxy) is 2.